The zero-order valence-electron chi connectivity index (χ0n) is 80.8. The van der Waals surface area contributed by atoms with Gasteiger partial charge in [-0.2, -0.15) is 0 Å². The summed E-state index contributed by atoms with van der Waals surface area (Å²) in [5, 5.41) is 0. The molecule has 0 aromatic carbocycles. The lowest BCUT2D eigenvalue weighted by atomic mass is 9.65. The molecule has 0 saturated heterocycles. The third-order valence-corrected chi connectivity index (χ3v) is 33.3. The fraction of sp³-hybridized carbons (Fsp3) is 1.00. The lowest BCUT2D eigenvalue weighted by molar-refractivity contribution is 0.0855. The summed E-state index contributed by atoms with van der Waals surface area (Å²) in [6.07, 6.45) is 79.7. The van der Waals surface area contributed by atoms with Crippen LogP contribution in [0.3, 0.4) is 0 Å². The molecular formula is C109H220. The maximum absolute atomic E-state index is 2.45. The number of hydrogen-bond donors (Lipinski definition) is 0. The fourth-order valence-electron chi connectivity index (χ4n) is 22.8. The van der Waals surface area contributed by atoms with Gasteiger partial charge in [0.1, 0.15) is 0 Å². The molecule has 10 fully saturated rings. The van der Waals surface area contributed by atoms with Crippen LogP contribution in [-0.4, -0.2) is 0 Å². The van der Waals surface area contributed by atoms with Gasteiger partial charge in [-0.1, -0.05) is 515 Å². The lowest BCUT2D eigenvalue weighted by Crippen LogP contribution is -2.33. The maximum atomic E-state index is 2.45. The minimum Gasteiger partial charge on any atom is -0.0776 e. The molecule has 0 radical (unpaired) electrons. The van der Waals surface area contributed by atoms with Crippen molar-refractivity contribution in [3.8, 4) is 0 Å². The Morgan fingerprint density at radius 1 is 0.202 bits per heavy atom. The molecular weight excluding hydrogens is 1310 g/mol. The average molecular weight is 1530 g/mol. The van der Waals surface area contributed by atoms with E-state index in [1.807, 2.05) is 0 Å². The molecule has 0 aromatic heterocycles. The Morgan fingerprint density at radius 2 is 0.477 bits per heavy atom. The Bertz CT molecular complexity index is 1780. The second-order valence-electron chi connectivity index (χ2n) is 42.5. The molecule has 0 aliphatic heterocycles. The van der Waals surface area contributed by atoms with Crippen LogP contribution in [0.2, 0.25) is 0 Å². The van der Waals surface area contributed by atoms with Gasteiger partial charge in [0.15, 0.2) is 0 Å². The van der Waals surface area contributed by atoms with E-state index in [9.17, 15) is 0 Å². The Morgan fingerprint density at radius 3 is 0.761 bits per heavy atom. The molecule has 109 heavy (non-hydrogen) atoms. The smallest absolute Gasteiger partial charge is 0.0363 e. The molecule has 0 amide bonds. The first kappa shape index (κ1) is 109. The van der Waals surface area contributed by atoms with Crippen molar-refractivity contribution in [1.29, 1.82) is 0 Å². The van der Waals surface area contributed by atoms with Gasteiger partial charge < -0.3 is 0 Å². The van der Waals surface area contributed by atoms with Crippen LogP contribution in [0.4, 0.5) is 0 Å². The maximum Gasteiger partial charge on any atom is -0.0363 e. The van der Waals surface area contributed by atoms with Crippen molar-refractivity contribution in [3.63, 3.8) is 0 Å². The quantitative estimate of drug-likeness (QED) is 0.101. The van der Waals surface area contributed by atoms with E-state index in [1.165, 1.54) is 347 Å². The van der Waals surface area contributed by atoms with Gasteiger partial charge in [0, 0.05) is 0 Å². The van der Waals surface area contributed by atoms with Gasteiger partial charge >= 0.3 is 0 Å². The number of hydrogen-bond acceptors (Lipinski definition) is 0. The van der Waals surface area contributed by atoms with Crippen LogP contribution < -0.4 is 0 Å². The normalized spacial score (nSPS) is 36.4. The van der Waals surface area contributed by atoms with E-state index < -0.39 is 0 Å². The number of rotatable bonds is 21. The summed E-state index contributed by atoms with van der Waals surface area (Å²) < 4.78 is 0. The SMILES string of the molecule is C.CC1CC(C)C(C)C(C)C1C.CC1CCC(C)C(C(C)C)C1.CC1CCC(C)C(C)C1.CCC1CCC(C)CC1.CCC1CCC(CC)CC1.CCC1CCC(CC)CC1.CCCC1CCC(CC)CC1.CCCC1CCC(CCC)CC1.CCCCC1CC(C)CCC1C.CCCCCC1CCC(CC)CC1. The van der Waals surface area contributed by atoms with Crippen LogP contribution >= 0.6 is 0 Å². The highest BCUT2D eigenvalue weighted by atomic mass is 14.4. The second kappa shape index (κ2) is 67.8. The standard InChI is InChI=1S/C13H26.2C12H24.3C11H22.2C10H20.2C9H18.CH4/c1-3-5-6-7-13-10-8-12(4-2)9-11-13;1-4-5-6-12-9-10(2)7-8-11(12)3;1-3-5-11-7-9-12(6-4-2)10-8-11;1-7-6-8(2)10(4)11(5)9(7)3;1-8(2)11-7-9(3)5-6-10(11)4;1-3-5-11-8-6-10(4-2)7-9-11;2*1-3-9-5-7-10(4-2)8-6-9;1-7-4-5-8(2)9(3)6-7;1-3-9-6-4-8(2)5-7-9;/h12-13H,3-11H2,1-2H3;10-12H,4-9H2,1-3H3;11-12H,3-10H2,1-2H3;7-11H,6H2,1-5H3;8-11H,5-7H2,1-4H3;10-11H,3-9H2,1-2H3;2*9-10H,3-8H2,1-2H3;7-9H,4-6H2,1-3H3;8-9H,3-7H2,1-2H3;1H4. The predicted molar refractivity (Wildman–Crippen MR) is 503 cm³/mol. The first-order valence-electron chi connectivity index (χ1n) is 51.7. The topological polar surface area (TPSA) is 0 Å². The molecule has 0 aromatic rings. The van der Waals surface area contributed by atoms with Crippen LogP contribution in [0.15, 0.2) is 0 Å². The van der Waals surface area contributed by atoms with E-state index in [0.717, 1.165) is 160 Å². The van der Waals surface area contributed by atoms with Gasteiger partial charge in [-0.15, -0.1) is 0 Å². The van der Waals surface area contributed by atoms with Crippen LogP contribution in [0.1, 0.15) is 541 Å². The van der Waals surface area contributed by atoms with E-state index in [1.54, 1.807) is 0 Å². The second-order valence-corrected chi connectivity index (χ2v) is 42.5. The van der Waals surface area contributed by atoms with E-state index >= 15 is 0 Å². The van der Waals surface area contributed by atoms with Gasteiger partial charge in [0.25, 0.3) is 0 Å². The van der Waals surface area contributed by atoms with Crippen molar-refractivity contribution in [2.45, 2.75) is 541 Å². The minimum atomic E-state index is 0. The van der Waals surface area contributed by atoms with Crippen molar-refractivity contribution in [2.24, 2.45) is 160 Å². The lowest BCUT2D eigenvalue weighted by Gasteiger charge is -2.41. The molecule has 0 N–H and O–H groups in total. The van der Waals surface area contributed by atoms with Crippen molar-refractivity contribution in [1.82, 2.24) is 0 Å². The predicted octanol–water partition coefficient (Wildman–Crippen LogP) is 38.9. The molecule has 656 valence electrons. The van der Waals surface area contributed by atoms with Gasteiger partial charge in [-0.3, -0.25) is 0 Å². The third kappa shape index (κ3) is 50.5. The van der Waals surface area contributed by atoms with E-state index in [0.29, 0.717) is 0 Å². The highest BCUT2D eigenvalue weighted by molar-refractivity contribution is 4.84. The highest BCUT2D eigenvalue weighted by Crippen LogP contribution is 2.44. The van der Waals surface area contributed by atoms with Crippen LogP contribution in [0.5, 0.6) is 0 Å². The van der Waals surface area contributed by atoms with E-state index in [2.05, 4.69) is 187 Å². The Hall–Kier alpha value is 0. The minimum absolute atomic E-state index is 0. The summed E-state index contributed by atoms with van der Waals surface area (Å²) in [6, 6.07) is 0. The summed E-state index contributed by atoms with van der Waals surface area (Å²) >= 11 is 0. The van der Waals surface area contributed by atoms with Gasteiger partial charge in [0.2, 0.25) is 0 Å². The molecule has 10 aliphatic carbocycles. The largest absolute Gasteiger partial charge is 0.0776 e. The van der Waals surface area contributed by atoms with Gasteiger partial charge in [0.05, 0.1) is 0 Å². The van der Waals surface area contributed by atoms with Crippen molar-refractivity contribution in [2.75, 3.05) is 0 Å². The monoisotopic (exact) mass is 1530 g/mol. The van der Waals surface area contributed by atoms with Crippen LogP contribution in [0, 0.1) is 160 Å². The summed E-state index contributed by atoms with van der Waals surface area (Å²) in [5.74, 6) is 27.4. The summed E-state index contributed by atoms with van der Waals surface area (Å²) in [5.41, 5.74) is 0. The van der Waals surface area contributed by atoms with Crippen molar-refractivity contribution >= 4 is 0 Å². The van der Waals surface area contributed by atoms with Crippen molar-refractivity contribution < 1.29 is 0 Å². The molecule has 0 bridgehead atoms. The Kier molecular flexibility index (Phi) is 67.8. The van der Waals surface area contributed by atoms with Crippen LogP contribution in [0.25, 0.3) is 0 Å². The van der Waals surface area contributed by atoms with Crippen LogP contribution in [-0.2, 0) is 0 Å². The van der Waals surface area contributed by atoms with E-state index in [4.69, 9.17) is 0 Å². The molecule has 10 saturated carbocycles. The Labute approximate surface area is 696 Å². The molecule has 13 unspecified atom stereocenters. The fourth-order valence-corrected chi connectivity index (χ4v) is 22.8. The van der Waals surface area contributed by atoms with Crippen molar-refractivity contribution in [3.05, 3.63) is 0 Å². The third-order valence-electron chi connectivity index (χ3n) is 33.3. The van der Waals surface area contributed by atoms with Gasteiger partial charge in [-0.05, 0) is 185 Å². The zero-order chi connectivity index (χ0) is 80.8. The molecule has 0 spiro atoms. The molecule has 0 heteroatoms. The Balaban J connectivity index is 0.00000119. The molecule has 10 rings (SSSR count). The summed E-state index contributed by atoms with van der Waals surface area (Å²) in [6.45, 7) is 63.9. The zero-order valence-corrected chi connectivity index (χ0v) is 80.8. The highest BCUT2D eigenvalue weighted by Gasteiger charge is 2.34. The first-order chi connectivity index (χ1) is 51.7. The first-order valence-corrected chi connectivity index (χ1v) is 51.7. The average Bonchev–Trinajstić information content (AvgIpc) is 0.833. The number of unbranched alkanes of at least 4 members (excludes halogenated alkanes) is 3. The van der Waals surface area contributed by atoms with E-state index in [-0.39, 0.29) is 7.43 Å². The molecule has 13 atom stereocenters. The molecule has 0 heterocycles. The summed E-state index contributed by atoms with van der Waals surface area (Å²) in [7, 11) is 0. The van der Waals surface area contributed by atoms with Gasteiger partial charge in [-0.25, -0.2) is 0 Å². The molecule has 0 nitrogen and oxygen atoms in total. The molecule has 10 aliphatic rings. The summed E-state index contributed by atoms with van der Waals surface area (Å²) in [4.78, 5) is 0.